The average molecular weight is 448 g/mol. The van der Waals surface area contributed by atoms with E-state index in [-0.39, 0.29) is 23.6 Å². The molecular weight excluding hydrogens is 423 g/mol. The molecule has 0 aliphatic carbocycles. The Morgan fingerprint density at radius 3 is 2.45 bits per heavy atom. The van der Waals surface area contributed by atoms with Gasteiger partial charge in [-0.25, -0.2) is 14.4 Å². The summed E-state index contributed by atoms with van der Waals surface area (Å²) in [5.74, 6) is -0.764. The number of amides is 1. The van der Waals surface area contributed by atoms with Crippen molar-refractivity contribution in [1.82, 2.24) is 20.3 Å². The number of aromatic amines is 1. The van der Waals surface area contributed by atoms with Crippen LogP contribution in [-0.4, -0.2) is 31.1 Å². The second-order valence-corrected chi connectivity index (χ2v) is 8.90. The summed E-state index contributed by atoms with van der Waals surface area (Å²) in [4.78, 5) is 23.6. The minimum absolute atomic E-state index is 0.00497. The Hall–Kier alpha value is -3.62. The highest BCUT2D eigenvalue weighted by atomic mass is 19.1. The Morgan fingerprint density at radius 1 is 1.09 bits per heavy atom. The third kappa shape index (κ3) is 4.76. The molecule has 4 N–H and O–H groups in total. The van der Waals surface area contributed by atoms with Gasteiger partial charge in [0.2, 0.25) is 0 Å². The van der Waals surface area contributed by atoms with Crippen molar-refractivity contribution in [1.29, 1.82) is 0 Å². The maximum absolute atomic E-state index is 14.8. The third-order valence-corrected chi connectivity index (χ3v) is 5.50. The van der Waals surface area contributed by atoms with Crippen LogP contribution in [0.4, 0.5) is 4.39 Å². The van der Waals surface area contributed by atoms with E-state index >= 15 is 0 Å². The van der Waals surface area contributed by atoms with Crippen LogP contribution < -0.4 is 5.32 Å². The molecule has 0 spiro atoms. The minimum atomic E-state index is -1.68. The summed E-state index contributed by atoms with van der Waals surface area (Å²) < 4.78 is 14.8. The number of hydrogen-bond acceptors (Lipinski definition) is 5. The van der Waals surface area contributed by atoms with Crippen LogP contribution in [0.1, 0.15) is 54.2 Å². The summed E-state index contributed by atoms with van der Waals surface area (Å²) in [5, 5.41) is 22.1. The van der Waals surface area contributed by atoms with Gasteiger partial charge in [-0.2, -0.15) is 0 Å². The molecule has 0 unspecified atom stereocenters. The second kappa shape index (κ2) is 8.73. The molecule has 33 heavy (non-hydrogen) atoms. The Balaban J connectivity index is 1.51. The number of aliphatic hydroxyl groups excluding tert-OH is 1. The number of aliphatic hydroxyl groups is 2. The van der Waals surface area contributed by atoms with Gasteiger partial charge >= 0.3 is 0 Å². The van der Waals surface area contributed by atoms with Crippen molar-refractivity contribution in [3.8, 4) is 11.3 Å². The number of nitrogens with zero attached hydrogens (tertiary/aromatic N) is 2. The van der Waals surface area contributed by atoms with Crippen molar-refractivity contribution in [2.75, 3.05) is 0 Å². The van der Waals surface area contributed by atoms with Crippen molar-refractivity contribution in [3.05, 3.63) is 83.1 Å². The first-order chi connectivity index (χ1) is 15.6. The van der Waals surface area contributed by atoms with E-state index in [1.54, 1.807) is 24.3 Å². The van der Waals surface area contributed by atoms with Crippen LogP contribution in [-0.2, 0) is 12.0 Å². The molecule has 7 nitrogen and oxygen atoms in total. The van der Waals surface area contributed by atoms with Gasteiger partial charge in [0.1, 0.15) is 17.8 Å². The first-order valence-electron chi connectivity index (χ1n) is 10.5. The first kappa shape index (κ1) is 22.6. The summed E-state index contributed by atoms with van der Waals surface area (Å²) >= 11 is 0. The molecule has 0 bridgehead atoms. The van der Waals surface area contributed by atoms with Gasteiger partial charge in [0, 0.05) is 28.6 Å². The summed E-state index contributed by atoms with van der Waals surface area (Å²) in [6, 6.07) is 13.5. The normalized spacial score (nSPS) is 11.8. The summed E-state index contributed by atoms with van der Waals surface area (Å²) in [7, 11) is 0. The molecule has 2 heterocycles. The quantitative estimate of drug-likeness (QED) is 0.345. The predicted molar refractivity (Wildman–Crippen MR) is 123 cm³/mol. The molecule has 8 heteroatoms. The van der Waals surface area contributed by atoms with Crippen LogP contribution >= 0.6 is 0 Å². The molecule has 0 aliphatic heterocycles. The highest BCUT2D eigenvalue weighted by molar-refractivity contribution is 5.94. The smallest absolute Gasteiger partial charge is 0.251 e. The topological polar surface area (TPSA) is 111 Å². The van der Waals surface area contributed by atoms with Crippen molar-refractivity contribution in [2.24, 2.45) is 0 Å². The van der Waals surface area contributed by atoms with Crippen LogP contribution in [0.5, 0.6) is 0 Å². The standard InChI is InChI=1S/C25H25FN4O3/c1-25(2,3)17-8-6-14(7-9-17)23(31)27-12-16-5-4-15(10-19(16)26)21-18-11-20(24(32)33)30-22(18)29-13-28-21/h4-11,13,24,32-33H,12H2,1-3H3,(H,27,31)(H,28,29,30). The van der Waals surface area contributed by atoms with Crippen LogP contribution in [0.25, 0.3) is 22.3 Å². The van der Waals surface area contributed by atoms with Gasteiger partial charge in [-0.1, -0.05) is 45.0 Å². The summed E-state index contributed by atoms with van der Waals surface area (Å²) in [5.41, 5.74) is 3.51. The van der Waals surface area contributed by atoms with Gasteiger partial charge in [-0.3, -0.25) is 4.79 Å². The highest BCUT2D eigenvalue weighted by Crippen LogP contribution is 2.28. The average Bonchev–Trinajstić information content (AvgIpc) is 3.22. The number of H-pyrrole nitrogens is 1. The van der Waals surface area contributed by atoms with Crippen molar-refractivity contribution in [2.45, 2.75) is 39.0 Å². The van der Waals surface area contributed by atoms with Crippen LogP contribution in [0.3, 0.4) is 0 Å². The first-order valence-corrected chi connectivity index (χ1v) is 10.5. The number of nitrogens with one attached hydrogen (secondary N) is 2. The lowest BCUT2D eigenvalue weighted by Crippen LogP contribution is -2.23. The zero-order valence-corrected chi connectivity index (χ0v) is 18.6. The van der Waals surface area contributed by atoms with E-state index < -0.39 is 12.1 Å². The number of carbonyl (C=O) groups excluding carboxylic acids is 1. The molecule has 0 radical (unpaired) electrons. The van der Waals surface area contributed by atoms with Crippen LogP contribution in [0.2, 0.25) is 0 Å². The van der Waals surface area contributed by atoms with Gasteiger partial charge in [0.15, 0.2) is 6.29 Å². The Labute approximate surface area is 190 Å². The van der Waals surface area contributed by atoms with Crippen LogP contribution in [0.15, 0.2) is 54.9 Å². The fourth-order valence-corrected chi connectivity index (χ4v) is 3.57. The lowest BCUT2D eigenvalue weighted by atomic mass is 9.87. The molecular formula is C25H25FN4O3. The Morgan fingerprint density at radius 2 is 1.82 bits per heavy atom. The lowest BCUT2D eigenvalue weighted by molar-refractivity contribution is -0.0453. The maximum atomic E-state index is 14.8. The number of hydrogen-bond donors (Lipinski definition) is 4. The van der Waals surface area contributed by atoms with E-state index in [9.17, 15) is 19.4 Å². The molecule has 0 aliphatic rings. The molecule has 0 saturated heterocycles. The number of rotatable bonds is 5. The van der Waals surface area contributed by atoms with Crippen molar-refractivity contribution in [3.63, 3.8) is 0 Å². The largest absolute Gasteiger partial charge is 0.363 e. The predicted octanol–water partition coefficient (Wildman–Crippen LogP) is 3.97. The molecule has 2 aromatic carbocycles. The molecule has 1 amide bonds. The minimum Gasteiger partial charge on any atom is -0.363 e. The van der Waals surface area contributed by atoms with Gasteiger partial charge in [-0.05, 0) is 35.2 Å². The van der Waals surface area contributed by atoms with Gasteiger partial charge in [0.25, 0.3) is 5.91 Å². The van der Waals surface area contributed by atoms with Gasteiger partial charge in [-0.15, -0.1) is 0 Å². The SMILES string of the molecule is CC(C)(C)c1ccc(C(=O)NCc2ccc(-c3ncnc4[nH]c(C(O)O)cc34)cc2F)cc1. The molecule has 0 saturated carbocycles. The molecule has 0 atom stereocenters. The molecule has 170 valence electrons. The molecule has 4 aromatic rings. The number of carbonyl (C=O) groups is 1. The Bertz CT molecular complexity index is 1310. The third-order valence-electron chi connectivity index (χ3n) is 5.50. The number of fused-ring (bicyclic) bond motifs is 1. The highest BCUT2D eigenvalue weighted by Gasteiger charge is 2.16. The lowest BCUT2D eigenvalue weighted by Gasteiger charge is -2.19. The van der Waals surface area contributed by atoms with Crippen LogP contribution in [0, 0.1) is 5.82 Å². The monoisotopic (exact) mass is 448 g/mol. The zero-order chi connectivity index (χ0) is 23.8. The van der Waals surface area contributed by atoms with E-state index in [0.29, 0.717) is 33.4 Å². The van der Waals surface area contributed by atoms with Gasteiger partial charge in [0.05, 0.1) is 11.4 Å². The number of aromatic nitrogens is 3. The van der Waals surface area contributed by atoms with E-state index in [1.807, 2.05) is 12.1 Å². The summed E-state index contributed by atoms with van der Waals surface area (Å²) in [6.07, 6.45) is -0.363. The number of benzene rings is 2. The van der Waals surface area contributed by atoms with E-state index in [2.05, 4.69) is 41.0 Å². The number of halogens is 1. The fraction of sp³-hybridized carbons (Fsp3) is 0.240. The van der Waals surface area contributed by atoms with Crippen molar-refractivity contribution < 1.29 is 19.4 Å². The van der Waals surface area contributed by atoms with E-state index in [0.717, 1.165) is 5.56 Å². The Kier molecular flexibility index (Phi) is 5.97. The second-order valence-electron chi connectivity index (χ2n) is 8.90. The molecule has 0 fully saturated rings. The van der Waals surface area contributed by atoms with E-state index in [4.69, 9.17) is 0 Å². The summed E-state index contributed by atoms with van der Waals surface area (Å²) in [6.45, 7) is 6.35. The maximum Gasteiger partial charge on any atom is 0.251 e. The van der Waals surface area contributed by atoms with Gasteiger partial charge < -0.3 is 20.5 Å². The fourth-order valence-electron chi connectivity index (χ4n) is 3.57. The van der Waals surface area contributed by atoms with Crippen molar-refractivity contribution >= 4 is 16.9 Å². The van der Waals surface area contributed by atoms with E-state index in [1.165, 1.54) is 18.5 Å². The molecule has 4 rings (SSSR count). The zero-order valence-electron chi connectivity index (χ0n) is 18.6. The molecule has 2 aromatic heterocycles.